The van der Waals surface area contributed by atoms with E-state index in [-0.39, 0.29) is 25.0 Å². The molecule has 0 aliphatic carbocycles. The maximum absolute atomic E-state index is 12.1. The van der Waals surface area contributed by atoms with Crippen molar-refractivity contribution in [1.82, 2.24) is 4.90 Å². The van der Waals surface area contributed by atoms with Crippen molar-refractivity contribution < 1.29 is 19.4 Å². The molecule has 104 valence electrons. The summed E-state index contributed by atoms with van der Waals surface area (Å²) in [6.45, 7) is 0.768. The van der Waals surface area contributed by atoms with Crippen LogP contribution in [0.1, 0.15) is 32.1 Å². The van der Waals surface area contributed by atoms with Crippen LogP contribution in [-0.4, -0.2) is 54.2 Å². The smallest absolute Gasteiger partial charge is 0.326 e. The second kappa shape index (κ2) is 7.33. The normalized spacial score (nSPS) is 22.3. The Kier molecular flexibility index (Phi) is 6.07. The van der Waals surface area contributed by atoms with Gasteiger partial charge in [0.25, 0.3) is 0 Å². The van der Waals surface area contributed by atoms with Crippen LogP contribution in [0.3, 0.4) is 0 Å². The Morgan fingerprint density at radius 3 is 2.72 bits per heavy atom. The molecule has 0 aromatic rings. The van der Waals surface area contributed by atoms with Gasteiger partial charge in [0.1, 0.15) is 6.04 Å². The van der Waals surface area contributed by atoms with Crippen molar-refractivity contribution in [3.8, 4) is 0 Å². The number of carboxylic acid groups (broad SMARTS) is 1. The van der Waals surface area contributed by atoms with Crippen molar-refractivity contribution in [2.75, 3.05) is 20.2 Å². The highest BCUT2D eigenvalue weighted by molar-refractivity contribution is 5.84. The predicted octanol–water partition coefficient (Wildman–Crippen LogP) is 0.206. The van der Waals surface area contributed by atoms with Crippen LogP contribution in [0, 0.1) is 0 Å². The summed E-state index contributed by atoms with van der Waals surface area (Å²) in [4.78, 5) is 24.8. The van der Waals surface area contributed by atoms with E-state index in [2.05, 4.69) is 0 Å². The predicted molar refractivity (Wildman–Crippen MR) is 66.1 cm³/mol. The summed E-state index contributed by atoms with van der Waals surface area (Å²) in [5.74, 6) is -1.10. The average molecular weight is 258 g/mol. The Morgan fingerprint density at radius 2 is 2.17 bits per heavy atom. The van der Waals surface area contributed by atoms with Gasteiger partial charge in [-0.05, 0) is 12.8 Å². The van der Waals surface area contributed by atoms with Gasteiger partial charge >= 0.3 is 5.97 Å². The van der Waals surface area contributed by atoms with Crippen LogP contribution in [0.5, 0.6) is 0 Å². The molecule has 1 heterocycles. The van der Waals surface area contributed by atoms with Gasteiger partial charge in [-0.2, -0.15) is 0 Å². The molecule has 0 bridgehead atoms. The molecule has 0 aromatic carbocycles. The number of carbonyl (C=O) groups is 2. The van der Waals surface area contributed by atoms with Crippen LogP contribution in [0.15, 0.2) is 0 Å². The van der Waals surface area contributed by atoms with Crippen molar-refractivity contribution in [2.24, 2.45) is 5.73 Å². The largest absolute Gasteiger partial charge is 0.480 e. The lowest BCUT2D eigenvalue weighted by Crippen LogP contribution is -2.46. The Hall–Kier alpha value is -1.14. The number of hydrogen-bond acceptors (Lipinski definition) is 4. The molecule has 18 heavy (non-hydrogen) atoms. The number of likely N-dealkylation sites (tertiary alicyclic amines) is 1. The van der Waals surface area contributed by atoms with Crippen LogP contribution in [0.25, 0.3) is 0 Å². The standard InChI is InChI=1S/C12H22N2O4/c1-18-9(8-13)7-11(15)14-6-4-2-3-5-10(14)12(16)17/h9-10H,2-8,13H2,1H3,(H,16,17). The van der Waals surface area contributed by atoms with Gasteiger partial charge in [-0.15, -0.1) is 0 Å². The first-order valence-corrected chi connectivity index (χ1v) is 6.35. The molecule has 1 aliphatic heterocycles. The van der Waals surface area contributed by atoms with Crippen LogP contribution >= 0.6 is 0 Å². The molecule has 0 aromatic heterocycles. The van der Waals surface area contributed by atoms with Gasteiger partial charge in [-0.25, -0.2) is 4.79 Å². The van der Waals surface area contributed by atoms with Gasteiger partial charge in [-0.3, -0.25) is 4.79 Å². The maximum atomic E-state index is 12.1. The number of ether oxygens (including phenoxy) is 1. The van der Waals surface area contributed by atoms with Crippen molar-refractivity contribution in [3.63, 3.8) is 0 Å². The van der Waals surface area contributed by atoms with Gasteiger partial charge in [0.05, 0.1) is 12.5 Å². The zero-order chi connectivity index (χ0) is 13.5. The Morgan fingerprint density at radius 1 is 1.44 bits per heavy atom. The molecule has 0 radical (unpaired) electrons. The summed E-state index contributed by atoms with van der Waals surface area (Å²) >= 11 is 0. The van der Waals surface area contributed by atoms with Crippen LogP contribution in [0.2, 0.25) is 0 Å². The van der Waals surface area contributed by atoms with E-state index in [4.69, 9.17) is 10.5 Å². The quantitative estimate of drug-likeness (QED) is 0.735. The van der Waals surface area contributed by atoms with E-state index in [0.29, 0.717) is 13.0 Å². The SMILES string of the molecule is COC(CN)CC(=O)N1CCCCCC1C(=O)O. The molecule has 1 saturated heterocycles. The second-order valence-corrected chi connectivity index (χ2v) is 4.59. The molecule has 0 spiro atoms. The van der Waals surface area contributed by atoms with E-state index in [0.717, 1.165) is 19.3 Å². The third kappa shape index (κ3) is 3.96. The number of aliphatic carboxylic acids is 1. The zero-order valence-corrected chi connectivity index (χ0v) is 10.8. The van der Waals surface area contributed by atoms with Crippen molar-refractivity contribution in [1.29, 1.82) is 0 Å². The van der Waals surface area contributed by atoms with Gasteiger partial charge < -0.3 is 20.5 Å². The molecule has 6 nitrogen and oxygen atoms in total. The van der Waals surface area contributed by atoms with Crippen molar-refractivity contribution in [2.45, 2.75) is 44.2 Å². The molecule has 3 N–H and O–H groups in total. The summed E-state index contributed by atoms with van der Waals surface area (Å²) in [5, 5.41) is 9.18. The number of rotatable bonds is 5. The molecular formula is C12H22N2O4. The first-order valence-electron chi connectivity index (χ1n) is 6.35. The van der Waals surface area contributed by atoms with Gasteiger partial charge in [0, 0.05) is 20.2 Å². The highest BCUT2D eigenvalue weighted by Crippen LogP contribution is 2.18. The Bertz CT molecular complexity index is 292. The van der Waals surface area contributed by atoms with E-state index in [1.165, 1.54) is 12.0 Å². The van der Waals surface area contributed by atoms with Crippen LogP contribution in [-0.2, 0) is 14.3 Å². The number of methoxy groups -OCH3 is 1. The molecule has 1 fully saturated rings. The van der Waals surface area contributed by atoms with Gasteiger partial charge in [-0.1, -0.05) is 12.8 Å². The second-order valence-electron chi connectivity index (χ2n) is 4.59. The van der Waals surface area contributed by atoms with Crippen LogP contribution in [0.4, 0.5) is 0 Å². The topological polar surface area (TPSA) is 92.9 Å². The fourth-order valence-corrected chi connectivity index (χ4v) is 2.24. The third-order valence-electron chi connectivity index (χ3n) is 3.36. The summed E-state index contributed by atoms with van der Waals surface area (Å²) in [7, 11) is 1.50. The number of nitrogens with two attached hydrogens (primary N) is 1. The molecular weight excluding hydrogens is 236 g/mol. The summed E-state index contributed by atoms with van der Waals surface area (Å²) in [6, 6.07) is -0.699. The third-order valence-corrected chi connectivity index (χ3v) is 3.36. The highest BCUT2D eigenvalue weighted by Gasteiger charge is 2.31. The highest BCUT2D eigenvalue weighted by atomic mass is 16.5. The lowest BCUT2D eigenvalue weighted by molar-refractivity contribution is -0.151. The number of amides is 1. The minimum Gasteiger partial charge on any atom is -0.480 e. The number of nitrogens with zero attached hydrogens (tertiary/aromatic N) is 1. The van der Waals surface area contributed by atoms with Crippen molar-refractivity contribution >= 4 is 11.9 Å². The molecule has 0 saturated carbocycles. The van der Waals surface area contributed by atoms with E-state index in [9.17, 15) is 14.7 Å². The minimum absolute atomic E-state index is 0.150. The zero-order valence-electron chi connectivity index (χ0n) is 10.8. The molecule has 1 amide bonds. The first-order chi connectivity index (χ1) is 8.60. The number of carboxylic acids is 1. The molecule has 6 heteroatoms. The van der Waals surface area contributed by atoms with Gasteiger partial charge in [0.2, 0.25) is 5.91 Å². The summed E-state index contributed by atoms with van der Waals surface area (Å²) in [5.41, 5.74) is 5.47. The average Bonchev–Trinajstić information content (AvgIpc) is 2.61. The van der Waals surface area contributed by atoms with E-state index in [1.807, 2.05) is 0 Å². The number of carbonyl (C=O) groups excluding carboxylic acids is 1. The van der Waals surface area contributed by atoms with E-state index in [1.54, 1.807) is 0 Å². The Balaban J connectivity index is 2.69. The van der Waals surface area contributed by atoms with Crippen molar-refractivity contribution in [3.05, 3.63) is 0 Å². The monoisotopic (exact) mass is 258 g/mol. The summed E-state index contributed by atoms with van der Waals surface area (Å²) < 4.78 is 5.07. The summed E-state index contributed by atoms with van der Waals surface area (Å²) in [6.07, 6.45) is 3.02. The van der Waals surface area contributed by atoms with Crippen LogP contribution < -0.4 is 5.73 Å². The molecule has 2 unspecified atom stereocenters. The fourth-order valence-electron chi connectivity index (χ4n) is 2.24. The fraction of sp³-hybridized carbons (Fsp3) is 0.833. The first kappa shape index (κ1) is 14.9. The van der Waals surface area contributed by atoms with Gasteiger partial charge in [0.15, 0.2) is 0 Å². The Labute approximate surface area is 107 Å². The lowest BCUT2D eigenvalue weighted by Gasteiger charge is -2.28. The maximum Gasteiger partial charge on any atom is 0.326 e. The van der Waals surface area contributed by atoms with E-state index < -0.39 is 12.0 Å². The lowest BCUT2D eigenvalue weighted by atomic mass is 10.1. The number of hydrogen-bond donors (Lipinski definition) is 2. The minimum atomic E-state index is -0.924. The molecule has 2 atom stereocenters. The molecule has 1 aliphatic rings. The van der Waals surface area contributed by atoms with E-state index >= 15 is 0 Å². The molecule has 1 rings (SSSR count).